The summed E-state index contributed by atoms with van der Waals surface area (Å²) < 4.78 is 7.67. The van der Waals surface area contributed by atoms with Crippen molar-refractivity contribution >= 4 is 23.4 Å². The van der Waals surface area contributed by atoms with E-state index in [9.17, 15) is 14.4 Å². The average Bonchev–Trinajstić information content (AvgIpc) is 3.63. The maximum Gasteiger partial charge on any atom is 0.287 e. The van der Waals surface area contributed by atoms with E-state index in [-0.39, 0.29) is 23.5 Å². The van der Waals surface area contributed by atoms with Gasteiger partial charge in [-0.05, 0) is 54.7 Å². The van der Waals surface area contributed by atoms with E-state index in [1.165, 1.54) is 0 Å². The minimum absolute atomic E-state index is 0.120. The molecule has 9 heteroatoms. The van der Waals surface area contributed by atoms with Gasteiger partial charge in [0.05, 0.1) is 0 Å². The van der Waals surface area contributed by atoms with Crippen molar-refractivity contribution in [3.63, 3.8) is 0 Å². The number of fused-ring (bicyclic) bond motifs is 1. The van der Waals surface area contributed by atoms with Gasteiger partial charge in [0.1, 0.15) is 23.1 Å². The normalized spacial score (nSPS) is 14.7. The maximum absolute atomic E-state index is 13.0. The van der Waals surface area contributed by atoms with Crippen LogP contribution in [0.2, 0.25) is 0 Å². The molecule has 0 radical (unpaired) electrons. The average molecular weight is 514 g/mol. The lowest BCUT2D eigenvalue weighted by molar-refractivity contribution is -0.124. The number of benzene rings is 1. The Bertz CT molecular complexity index is 1420. The van der Waals surface area contributed by atoms with E-state index in [4.69, 9.17) is 4.42 Å². The second-order valence-electron chi connectivity index (χ2n) is 9.60. The lowest BCUT2D eigenvalue weighted by Gasteiger charge is -2.29. The predicted molar refractivity (Wildman–Crippen MR) is 142 cm³/mol. The summed E-state index contributed by atoms with van der Waals surface area (Å²) in [6.45, 7) is 0.309. The monoisotopic (exact) mass is 513 g/mol. The second kappa shape index (κ2) is 11.3. The van der Waals surface area contributed by atoms with Crippen LogP contribution in [0.25, 0.3) is 17.0 Å². The molecule has 38 heavy (non-hydrogen) atoms. The summed E-state index contributed by atoms with van der Waals surface area (Å²) in [4.78, 5) is 42.4. The largest absolute Gasteiger partial charge is 0.451 e. The first-order chi connectivity index (χ1) is 18.5. The Morgan fingerprint density at radius 1 is 1.03 bits per heavy atom. The number of pyridine rings is 1. The number of nitrogens with one attached hydrogen (secondary N) is 3. The smallest absolute Gasteiger partial charge is 0.287 e. The van der Waals surface area contributed by atoms with Crippen LogP contribution >= 0.6 is 0 Å². The highest BCUT2D eigenvalue weighted by Gasteiger charge is 2.31. The number of likely N-dealkylation sites (N-methyl/N-ethyl adjacent to an activating group) is 1. The van der Waals surface area contributed by atoms with Crippen molar-refractivity contribution in [2.24, 2.45) is 5.92 Å². The van der Waals surface area contributed by atoms with Crippen molar-refractivity contribution < 1.29 is 18.8 Å². The number of aromatic nitrogens is 2. The fourth-order valence-corrected chi connectivity index (χ4v) is 5.00. The number of nitrogens with zero attached hydrogens (tertiary/aromatic N) is 2. The SMILES string of the molecule is CNC(=O)[C@@H](NC(=O)c1ccc(-c2cccc(CNC(=O)c3cn4ccccc4n3)c2)o1)C1CCCCC1. The number of hydrogen-bond acceptors (Lipinski definition) is 5. The molecule has 0 aliphatic heterocycles. The van der Waals surface area contributed by atoms with Gasteiger partial charge in [0.2, 0.25) is 5.91 Å². The molecule has 0 spiro atoms. The van der Waals surface area contributed by atoms with Crippen molar-refractivity contribution in [2.75, 3.05) is 7.05 Å². The van der Waals surface area contributed by atoms with Gasteiger partial charge in [-0.25, -0.2) is 4.98 Å². The fraction of sp³-hybridized carbons (Fsp3) is 0.310. The molecule has 1 fully saturated rings. The molecule has 4 aromatic rings. The molecule has 3 N–H and O–H groups in total. The molecule has 0 saturated heterocycles. The van der Waals surface area contributed by atoms with Crippen LogP contribution in [-0.4, -0.2) is 40.2 Å². The van der Waals surface area contributed by atoms with Crippen LogP contribution in [0.15, 0.2) is 71.4 Å². The van der Waals surface area contributed by atoms with E-state index in [0.29, 0.717) is 23.6 Å². The second-order valence-corrected chi connectivity index (χ2v) is 9.60. The van der Waals surface area contributed by atoms with Crippen LogP contribution in [0.4, 0.5) is 0 Å². The topological polar surface area (TPSA) is 118 Å². The lowest BCUT2D eigenvalue weighted by atomic mass is 9.83. The molecule has 3 heterocycles. The Morgan fingerprint density at radius 2 is 1.87 bits per heavy atom. The summed E-state index contributed by atoms with van der Waals surface area (Å²) in [5.74, 6) is -0.0657. The highest BCUT2D eigenvalue weighted by molar-refractivity contribution is 5.96. The van der Waals surface area contributed by atoms with Crippen LogP contribution in [0.3, 0.4) is 0 Å². The lowest BCUT2D eigenvalue weighted by Crippen LogP contribution is -2.50. The highest BCUT2D eigenvalue weighted by atomic mass is 16.4. The molecule has 1 aliphatic rings. The summed E-state index contributed by atoms with van der Waals surface area (Å²) in [7, 11) is 1.59. The van der Waals surface area contributed by atoms with Crippen molar-refractivity contribution in [3.05, 3.63) is 84.0 Å². The van der Waals surface area contributed by atoms with Crippen LogP contribution < -0.4 is 16.0 Å². The third-order valence-corrected chi connectivity index (χ3v) is 7.03. The number of carbonyl (C=O) groups excluding carboxylic acids is 3. The standard InChI is InChI=1S/C29H31N5O4/c1-30-29(37)26(20-9-3-2-4-10-20)33-28(36)24-14-13-23(38-24)21-11-7-8-19(16-21)17-31-27(35)22-18-34-15-6-5-12-25(34)32-22/h5-8,11-16,18,20,26H,2-4,9-10,17H2,1H3,(H,30,37)(H,31,35)(H,33,36)/t26-/m0/s1. The summed E-state index contributed by atoms with van der Waals surface area (Å²) >= 11 is 0. The molecule has 1 aliphatic carbocycles. The Labute approximate surface area is 220 Å². The number of rotatable bonds is 8. The van der Waals surface area contributed by atoms with Gasteiger partial charge >= 0.3 is 0 Å². The summed E-state index contributed by atoms with van der Waals surface area (Å²) in [5.41, 5.74) is 2.70. The van der Waals surface area contributed by atoms with Crippen molar-refractivity contribution in [1.29, 1.82) is 0 Å². The van der Waals surface area contributed by atoms with Gasteiger partial charge < -0.3 is 24.8 Å². The first-order valence-electron chi connectivity index (χ1n) is 13.0. The molecule has 0 unspecified atom stereocenters. The predicted octanol–water partition coefficient (Wildman–Crippen LogP) is 3.95. The van der Waals surface area contributed by atoms with Crippen molar-refractivity contribution in [2.45, 2.75) is 44.7 Å². The van der Waals surface area contributed by atoms with Crippen LogP contribution in [0.5, 0.6) is 0 Å². The molecule has 3 amide bonds. The first kappa shape index (κ1) is 25.3. The summed E-state index contributed by atoms with van der Waals surface area (Å²) in [5, 5.41) is 8.46. The molecule has 0 bridgehead atoms. The molecular weight excluding hydrogens is 482 g/mol. The Balaban J connectivity index is 1.23. The van der Waals surface area contributed by atoms with E-state index in [1.54, 1.807) is 29.8 Å². The van der Waals surface area contributed by atoms with E-state index >= 15 is 0 Å². The third kappa shape index (κ3) is 5.61. The minimum atomic E-state index is -0.582. The van der Waals surface area contributed by atoms with Gasteiger partial charge in [0.25, 0.3) is 11.8 Å². The van der Waals surface area contributed by atoms with Crippen molar-refractivity contribution in [1.82, 2.24) is 25.3 Å². The zero-order valence-electron chi connectivity index (χ0n) is 21.3. The molecule has 9 nitrogen and oxygen atoms in total. The number of hydrogen-bond donors (Lipinski definition) is 3. The van der Waals surface area contributed by atoms with Gasteiger partial charge in [-0.2, -0.15) is 0 Å². The number of amides is 3. The van der Waals surface area contributed by atoms with E-state index in [2.05, 4.69) is 20.9 Å². The molecule has 3 aromatic heterocycles. The van der Waals surface area contributed by atoms with Gasteiger partial charge in [-0.3, -0.25) is 14.4 Å². The summed E-state index contributed by atoms with van der Waals surface area (Å²) in [6.07, 6.45) is 8.66. The van der Waals surface area contributed by atoms with Gasteiger partial charge in [-0.1, -0.05) is 43.5 Å². The van der Waals surface area contributed by atoms with Crippen molar-refractivity contribution in [3.8, 4) is 11.3 Å². The van der Waals surface area contributed by atoms with Crippen LogP contribution in [-0.2, 0) is 11.3 Å². The van der Waals surface area contributed by atoms with Gasteiger partial charge in [0.15, 0.2) is 5.76 Å². The van der Waals surface area contributed by atoms with E-state index < -0.39 is 11.9 Å². The molecule has 1 aromatic carbocycles. The fourth-order valence-electron chi connectivity index (χ4n) is 5.00. The zero-order valence-corrected chi connectivity index (χ0v) is 21.3. The Hall–Kier alpha value is -4.40. The molecule has 5 rings (SSSR count). The highest BCUT2D eigenvalue weighted by Crippen LogP contribution is 2.28. The Kier molecular flexibility index (Phi) is 7.53. The molecule has 1 atom stereocenters. The van der Waals surface area contributed by atoms with E-state index in [0.717, 1.165) is 43.2 Å². The molecular formula is C29H31N5O4. The maximum atomic E-state index is 13.0. The number of carbonyl (C=O) groups is 3. The number of imidazole rings is 1. The van der Waals surface area contributed by atoms with Crippen LogP contribution in [0.1, 0.15) is 58.7 Å². The third-order valence-electron chi connectivity index (χ3n) is 7.03. The first-order valence-corrected chi connectivity index (χ1v) is 13.0. The van der Waals surface area contributed by atoms with Crippen LogP contribution in [0, 0.1) is 5.92 Å². The van der Waals surface area contributed by atoms with Gasteiger partial charge in [-0.15, -0.1) is 0 Å². The Morgan fingerprint density at radius 3 is 2.66 bits per heavy atom. The zero-order chi connectivity index (χ0) is 26.5. The quantitative estimate of drug-likeness (QED) is 0.330. The van der Waals surface area contributed by atoms with Gasteiger partial charge in [0, 0.05) is 31.5 Å². The number of furan rings is 1. The van der Waals surface area contributed by atoms with E-state index in [1.807, 2.05) is 48.7 Å². The summed E-state index contributed by atoms with van der Waals surface area (Å²) in [6, 6.07) is 15.9. The minimum Gasteiger partial charge on any atom is -0.451 e. The molecule has 196 valence electrons. The molecule has 1 saturated carbocycles.